The largest absolute Gasteiger partial charge is 0.361 e. The molecule has 0 N–H and O–H groups in total. The van der Waals surface area contributed by atoms with Gasteiger partial charge in [-0.15, -0.1) is 6.58 Å². The molecule has 1 amide bonds. The van der Waals surface area contributed by atoms with Crippen molar-refractivity contribution in [3.05, 3.63) is 29.7 Å². The van der Waals surface area contributed by atoms with Crippen LogP contribution in [0.5, 0.6) is 0 Å². The maximum atomic E-state index is 12.9. The smallest absolute Gasteiger partial charge is 0.259 e. The Morgan fingerprint density at radius 3 is 2.73 bits per heavy atom. The Morgan fingerprint density at radius 2 is 2.09 bits per heavy atom. The maximum absolute atomic E-state index is 12.9. The zero-order valence-electron chi connectivity index (χ0n) is 13.6. The van der Waals surface area contributed by atoms with Gasteiger partial charge in [0, 0.05) is 25.2 Å². The third-order valence-electron chi connectivity index (χ3n) is 5.18. The van der Waals surface area contributed by atoms with E-state index >= 15 is 0 Å². The number of nitrogens with zero attached hydrogens (tertiary/aromatic N) is 3. The summed E-state index contributed by atoms with van der Waals surface area (Å²) < 4.78 is 5.16. The van der Waals surface area contributed by atoms with Gasteiger partial charge in [0.2, 0.25) is 0 Å². The van der Waals surface area contributed by atoms with Crippen molar-refractivity contribution >= 4 is 5.91 Å². The van der Waals surface area contributed by atoms with Gasteiger partial charge in [0.05, 0.1) is 5.69 Å². The fourth-order valence-corrected chi connectivity index (χ4v) is 4.13. The number of hydrogen-bond acceptors (Lipinski definition) is 4. The molecule has 0 unspecified atom stereocenters. The summed E-state index contributed by atoms with van der Waals surface area (Å²) >= 11 is 0. The lowest BCUT2D eigenvalue weighted by atomic mass is 9.86. The zero-order valence-corrected chi connectivity index (χ0v) is 13.6. The molecule has 0 aliphatic carbocycles. The van der Waals surface area contributed by atoms with E-state index in [4.69, 9.17) is 4.52 Å². The first-order valence-electron chi connectivity index (χ1n) is 8.15. The molecular weight excluding hydrogens is 278 g/mol. The number of carbonyl (C=O) groups is 1. The number of rotatable bonds is 3. The van der Waals surface area contributed by atoms with Gasteiger partial charge in [0.1, 0.15) is 11.3 Å². The molecule has 1 spiro atoms. The van der Waals surface area contributed by atoms with Crippen LogP contribution in [0.15, 0.2) is 17.2 Å². The molecule has 2 saturated heterocycles. The van der Waals surface area contributed by atoms with E-state index < -0.39 is 0 Å². The van der Waals surface area contributed by atoms with Crippen LogP contribution < -0.4 is 0 Å². The molecule has 0 aromatic carbocycles. The molecule has 5 nitrogen and oxygen atoms in total. The van der Waals surface area contributed by atoms with E-state index in [0.717, 1.165) is 32.6 Å². The SMILES string of the molecule is C=CCN1CCC[C@]12CCCN(C(=O)c1c(C)noc1C)C2. The summed E-state index contributed by atoms with van der Waals surface area (Å²) in [4.78, 5) is 17.4. The van der Waals surface area contributed by atoms with E-state index in [9.17, 15) is 4.79 Å². The van der Waals surface area contributed by atoms with Crippen LogP contribution in [0.1, 0.15) is 47.5 Å². The van der Waals surface area contributed by atoms with Gasteiger partial charge in [0.25, 0.3) is 5.91 Å². The van der Waals surface area contributed by atoms with Gasteiger partial charge < -0.3 is 9.42 Å². The van der Waals surface area contributed by atoms with Crippen LogP contribution in [-0.2, 0) is 0 Å². The van der Waals surface area contributed by atoms with Crippen molar-refractivity contribution in [3.63, 3.8) is 0 Å². The summed E-state index contributed by atoms with van der Waals surface area (Å²) in [6.45, 7) is 11.2. The van der Waals surface area contributed by atoms with Crippen molar-refractivity contribution in [1.29, 1.82) is 0 Å². The Labute approximate surface area is 131 Å². The Morgan fingerprint density at radius 1 is 1.36 bits per heavy atom. The van der Waals surface area contributed by atoms with Crippen LogP contribution in [0, 0.1) is 13.8 Å². The minimum Gasteiger partial charge on any atom is -0.361 e. The molecule has 5 heteroatoms. The third-order valence-corrected chi connectivity index (χ3v) is 5.18. The maximum Gasteiger partial charge on any atom is 0.259 e. The average molecular weight is 303 g/mol. The Hall–Kier alpha value is -1.62. The third kappa shape index (κ3) is 2.47. The first kappa shape index (κ1) is 15.3. The molecule has 1 aromatic heterocycles. The van der Waals surface area contributed by atoms with Crippen molar-refractivity contribution in [2.75, 3.05) is 26.2 Å². The highest BCUT2D eigenvalue weighted by molar-refractivity contribution is 5.96. The molecule has 2 fully saturated rings. The standard InChI is InChI=1S/C17H25N3O2/c1-4-9-20-11-6-8-17(20)7-5-10-19(12-17)16(21)15-13(2)18-22-14(15)3/h4H,1,5-12H2,2-3H3/t17-/m0/s1. The lowest BCUT2D eigenvalue weighted by molar-refractivity contribution is 0.0365. The Balaban J connectivity index is 1.81. The molecule has 0 radical (unpaired) electrons. The highest BCUT2D eigenvalue weighted by atomic mass is 16.5. The van der Waals surface area contributed by atoms with Crippen molar-refractivity contribution in [2.45, 2.75) is 45.1 Å². The van der Waals surface area contributed by atoms with Crippen LogP contribution in [0.25, 0.3) is 0 Å². The molecular formula is C17H25N3O2. The summed E-state index contributed by atoms with van der Waals surface area (Å²) in [5.41, 5.74) is 1.47. The van der Waals surface area contributed by atoms with E-state index in [2.05, 4.69) is 16.6 Å². The molecule has 2 aliphatic rings. The topological polar surface area (TPSA) is 49.6 Å². The van der Waals surface area contributed by atoms with E-state index in [1.807, 2.05) is 24.8 Å². The number of carbonyl (C=O) groups excluding carboxylic acids is 1. The molecule has 1 aromatic rings. The number of amides is 1. The second-order valence-electron chi connectivity index (χ2n) is 6.59. The first-order valence-corrected chi connectivity index (χ1v) is 8.15. The van der Waals surface area contributed by atoms with Gasteiger partial charge in [0.15, 0.2) is 0 Å². The molecule has 1 atom stereocenters. The van der Waals surface area contributed by atoms with Gasteiger partial charge >= 0.3 is 0 Å². The molecule has 120 valence electrons. The van der Waals surface area contributed by atoms with Crippen LogP contribution in [0.2, 0.25) is 0 Å². The fourth-order valence-electron chi connectivity index (χ4n) is 4.13. The van der Waals surface area contributed by atoms with Crippen LogP contribution in [-0.4, -0.2) is 52.6 Å². The number of aryl methyl sites for hydroxylation is 2. The van der Waals surface area contributed by atoms with Crippen molar-refractivity contribution in [1.82, 2.24) is 15.0 Å². The Kier molecular flexibility index (Phi) is 4.08. The lowest BCUT2D eigenvalue weighted by Crippen LogP contribution is -2.57. The molecule has 3 heterocycles. The molecule has 2 aliphatic heterocycles. The summed E-state index contributed by atoms with van der Waals surface area (Å²) in [7, 11) is 0. The lowest BCUT2D eigenvalue weighted by Gasteiger charge is -2.45. The van der Waals surface area contributed by atoms with Gasteiger partial charge in [-0.25, -0.2) is 0 Å². The van der Waals surface area contributed by atoms with Gasteiger partial charge in [-0.3, -0.25) is 9.69 Å². The fraction of sp³-hybridized carbons (Fsp3) is 0.647. The van der Waals surface area contributed by atoms with Crippen LogP contribution in [0.3, 0.4) is 0 Å². The first-order chi connectivity index (χ1) is 10.6. The number of piperidine rings is 1. The van der Waals surface area contributed by atoms with Crippen molar-refractivity contribution in [2.24, 2.45) is 0 Å². The van der Waals surface area contributed by atoms with Crippen molar-refractivity contribution in [3.8, 4) is 0 Å². The van der Waals surface area contributed by atoms with Crippen LogP contribution in [0.4, 0.5) is 0 Å². The summed E-state index contributed by atoms with van der Waals surface area (Å²) in [6, 6.07) is 0. The predicted molar refractivity (Wildman–Crippen MR) is 84.8 cm³/mol. The number of hydrogen-bond donors (Lipinski definition) is 0. The monoisotopic (exact) mass is 303 g/mol. The number of likely N-dealkylation sites (tertiary alicyclic amines) is 2. The van der Waals surface area contributed by atoms with Gasteiger partial charge in [-0.05, 0) is 46.1 Å². The average Bonchev–Trinajstić information content (AvgIpc) is 3.03. The van der Waals surface area contributed by atoms with Gasteiger partial charge in [-0.1, -0.05) is 11.2 Å². The summed E-state index contributed by atoms with van der Waals surface area (Å²) in [6.07, 6.45) is 6.59. The molecule has 0 bridgehead atoms. The molecule has 0 saturated carbocycles. The predicted octanol–water partition coefficient (Wildman–Crippen LogP) is 2.55. The van der Waals surface area contributed by atoms with E-state index in [1.54, 1.807) is 0 Å². The molecule has 3 rings (SSSR count). The quantitative estimate of drug-likeness (QED) is 0.805. The highest BCUT2D eigenvalue weighted by Crippen LogP contribution is 2.37. The zero-order chi connectivity index (χ0) is 15.7. The second kappa shape index (κ2) is 5.88. The van der Waals surface area contributed by atoms with E-state index in [-0.39, 0.29) is 11.4 Å². The van der Waals surface area contributed by atoms with E-state index in [1.165, 1.54) is 19.3 Å². The summed E-state index contributed by atoms with van der Waals surface area (Å²) in [5, 5.41) is 3.92. The highest BCUT2D eigenvalue weighted by Gasteiger charge is 2.44. The van der Waals surface area contributed by atoms with Gasteiger partial charge in [-0.2, -0.15) is 0 Å². The summed E-state index contributed by atoms with van der Waals surface area (Å²) in [5.74, 6) is 0.692. The number of aromatic nitrogens is 1. The Bertz CT molecular complexity index is 561. The van der Waals surface area contributed by atoms with E-state index in [0.29, 0.717) is 17.0 Å². The second-order valence-corrected chi connectivity index (χ2v) is 6.59. The normalized spacial score (nSPS) is 25.8. The molecule has 22 heavy (non-hydrogen) atoms. The minimum absolute atomic E-state index is 0.0702. The van der Waals surface area contributed by atoms with Crippen LogP contribution >= 0.6 is 0 Å². The minimum atomic E-state index is 0.0702. The van der Waals surface area contributed by atoms with Crippen molar-refractivity contribution < 1.29 is 9.32 Å².